The fourth-order valence-electron chi connectivity index (χ4n) is 5.29. The highest BCUT2D eigenvalue weighted by molar-refractivity contribution is 6.43. The molecule has 1 aromatic rings. The molecule has 9 nitrogen and oxygen atoms in total. The number of ether oxygens (including phenoxy) is 1. The minimum atomic E-state index is -2.77. The first-order chi connectivity index (χ1) is 18.4. The minimum Gasteiger partial charge on any atom is -0.444 e. The number of hydrogen-bond donors (Lipinski definition) is 3. The first kappa shape index (κ1) is 30.8. The Balaban J connectivity index is 1.56. The monoisotopic (exact) mass is 548 g/mol. The first-order valence-electron chi connectivity index (χ1n) is 13.6. The number of nitriles is 1. The molecular weight excluding hydrogens is 509 g/mol. The van der Waals surface area contributed by atoms with Crippen LogP contribution < -0.4 is 5.32 Å². The van der Waals surface area contributed by atoms with Gasteiger partial charge in [-0.3, -0.25) is 9.69 Å². The van der Waals surface area contributed by atoms with E-state index in [4.69, 9.17) is 4.74 Å². The third kappa shape index (κ3) is 9.16. The Kier molecular flexibility index (Phi) is 10.7. The summed E-state index contributed by atoms with van der Waals surface area (Å²) >= 11 is 0. The van der Waals surface area contributed by atoms with E-state index in [0.29, 0.717) is 32.2 Å². The van der Waals surface area contributed by atoms with E-state index in [2.05, 4.69) is 11.4 Å². The second-order valence-electron chi connectivity index (χ2n) is 11.2. The van der Waals surface area contributed by atoms with Crippen LogP contribution in [0.25, 0.3) is 0 Å². The zero-order valence-corrected chi connectivity index (χ0v) is 22.7. The zero-order chi connectivity index (χ0) is 28.6. The van der Waals surface area contributed by atoms with Crippen molar-refractivity contribution in [2.75, 3.05) is 26.2 Å². The Hall–Kier alpha value is -2.75. The number of nitrogens with one attached hydrogen (secondary N) is 1. The van der Waals surface area contributed by atoms with E-state index in [1.54, 1.807) is 18.7 Å². The molecule has 39 heavy (non-hydrogen) atoms. The van der Waals surface area contributed by atoms with Gasteiger partial charge in [0.05, 0.1) is 25.1 Å². The van der Waals surface area contributed by atoms with Crippen molar-refractivity contribution in [3.8, 4) is 6.07 Å². The molecule has 214 valence electrons. The van der Waals surface area contributed by atoms with E-state index in [1.807, 2.05) is 30.3 Å². The van der Waals surface area contributed by atoms with Gasteiger partial charge in [0.25, 0.3) is 5.92 Å². The average molecular weight is 548 g/mol. The van der Waals surface area contributed by atoms with Crippen molar-refractivity contribution in [1.82, 2.24) is 15.1 Å². The van der Waals surface area contributed by atoms with Gasteiger partial charge in [0.1, 0.15) is 12.0 Å². The van der Waals surface area contributed by atoms with Crippen molar-refractivity contribution in [3.63, 3.8) is 0 Å². The van der Waals surface area contributed by atoms with Crippen molar-refractivity contribution in [3.05, 3.63) is 35.9 Å². The van der Waals surface area contributed by atoms with E-state index in [-0.39, 0.29) is 32.4 Å². The molecule has 0 spiro atoms. The van der Waals surface area contributed by atoms with Gasteiger partial charge < -0.3 is 25.0 Å². The lowest BCUT2D eigenvalue weighted by atomic mass is 9.76. The van der Waals surface area contributed by atoms with Gasteiger partial charge in [-0.2, -0.15) is 5.26 Å². The molecule has 1 unspecified atom stereocenters. The van der Waals surface area contributed by atoms with Crippen molar-refractivity contribution in [2.24, 2.45) is 5.92 Å². The van der Waals surface area contributed by atoms with Gasteiger partial charge in [-0.05, 0) is 57.9 Å². The molecule has 2 fully saturated rings. The summed E-state index contributed by atoms with van der Waals surface area (Å²) in [5.74, 6) is -5.14. The van der Waals surface area contributed by atoms with Gasteiger partial charge >= 0.3 is 13.2 Å². The van der Waals surface area contributed by atoms with Crippen LogP contribution in [0, 0.1) is 17.2 Å². The van der Waals surface area contributed by atoms with E-state index in [1.165, 1.54) is 4.90 Å². The Morgan fingerprint density at radius 1 is 1.26 bits per heavy atom. The van der Waals surface area contributed by atoms with Crippen LogP contribution in [-0.4, -0.2) is 88.7 Å². The number of halogens is 2. The number of aryl methyl sites for hydroxylation is 1. The minimum absolute atomic E-state index is 0.100. The number of amides is 2. The summed E-state index contributed by atoms with van der Waals surface area (Å²) in [6.07, 6.45) is 1.12. The molecule has 2 heterocycles. The lowest BCUT2D eigenvalue weighted by Gasteiger charge is -2.37. The van der Waals surface area contributed by atoms with Crippen LogP contribution in [0.3, 0.4) is 0 Å². The largest absolute Gasteiger partial charge is 0.475 e. The number of alkyl halides is 2. The van der Waals surface area contributed by atoms with Gasteiger partial charge in [0.15, 0.2) is 0 Å². The van der Waals surface area contributed by atoms with E-state index >= 15 is 0 Å². The molecule has 0 aromatic heterocycles. The van der Waals surface area contributed by atoms with Crippen LogP contribution in [0.1, 0.15) is 57.9 Å². The number of carbonyl (C=O) groups excluding carboxylic acids is 2. The van der Waals surface area contributed by atoms with E-state index in [0.717, 1.165) is 5.56 Å². The van der Waals surface area contributed by atoms with Crippen LogP contribution in [-0.2, 0) is 16.0 Å². The van der Waals surface area contributed by atoms with Gasteiger partial charge in [0.2, 0.25) is 5.91 Å². The van der Waals surface area contributed by atoms with Crippen LogP contribution in [0.2, 0.25) is 0 Å². The predicted octanol–water partition coefficient (Wildman–Crippen LogP) is 2.76. The molecule has 2 aliphatic heterocycles. The number of rotatable bonds is 10. The van der Waals surface area contributed by atoms with E-state index in [9.17, 15) is 33.7 Å². The molecule has 0 radical (unpaired) electrons. The fraction of sp³-hybridized carbons (Fsp3) is 0.667. The second-order valence-corrected chi connectivity index (χ2v) is 11.2. The lowest BCUT2D eigenvalue weighted by molar-refractivity contribution is -0.136. The lowest BCUT2D eigenvalue weighted by Crippen LogP contribution is -2.49. The molecule has 2 aliphatic rings. The normalized spacial score (nSPS) is 21.4. The van der Waals surface area contributed by atoms with Gasteiger partial charge in [0, 0.05) is 25.0 Å². The molecule has 1 aromatic carbocycles. The molecule has 3 atom stereocenters. The van der Waals surface area contributed by atoms with Gasteiger partial charge in [-0.15, -0.1) is 0 Å². The maximum absolute atomic E-state index is 13.8. The van der Waals surface area contributed by atoms with Crippen molar-refractivity contribution in [1.29, 1.82) is 5.26 Å². The third-order valence-corrected chi connectivity index (χ3v) is 7.65. The van der Waals surface area contributed by atoms with Crippen LogP contribution in [0.5, 0.6) is 0 Å². The zero-order valence-electron chi connectivity index (χ0n) is 22.7. The van der Waals surface area contributed by atoms with Crippen LogP contribution in [0.15, 0.2) is 30.3 Å². The second kappa shape index (κ2) is 13.5. The number of benzene rings is 1. The van der Waals surface area contributed by atoms with Crippen LogP contribution >= 0.6 is 0 Å². The third-order valence-electron chi connectivity index (χ3n) is 7.65. The van der Waals surface area contributed by atoms with Crippen molar-refractivity contribution in [2.45, 2.75) is 82.3 Å². The Bertz CT molecular complexity index is 1010. The number of likely N-dealkylation sites (tertiary alicyclic amines) is 2. The summed E-state index contributed by atoms with van der Waals surface area (Å²) in [6.45, 7) is 3.85. The van der Waals surface area contributed by atoms with Crippen LogP contribution in [0.4, 0.5) is 13.6 Å². The maximum atomic E-state index is 13.8. The summed E-state index contributed by atoms with van der Waals surface area (Å²) in [5.41, 5.74) is 0.224. The molecule has 0 aliphatic carbocycles. The summed E-state index contributed by atoms with van der Waals surface area (Å²) in [6, 6.07) is 11.5. The Morgan fingerprint density at radius 3 is 2.59 bits per heavy atom. The SMILES string of the molecule is CC(C)(CC(C#N)C(=O)N1CCCC[C@H](OC(=O)N[C@@H](CCc2ccccc2)B(O)O)C1)N1CCC(F)(F)C1. The Labute approximate surface area is 229 Å². The smallest absolute Gasteiger partial charge is 0.444 e. The molecule has 2 amide bonds. The number of hydrogen-bond acceptors (Lipinski definition) is 7. The molecule has 0 bridgehead atoms. The summed E-state index contributed by atoms with van der Waals surface area (Å²) in [5, 5.41) is 31.8. The summed E-state index contributed by atoms with van der Waals surface area (Å²) in [7, 11) is -1.77. The van der Waals surface area contributed by atoms with Gasteiger partial charge in [-0.25, -0.2) is 13.6 Å². The maximum Gasteiger partial charge on any atom is 0.475 e. The highest BCUT2D eigenvalue weighted by Gasteiger charge is 2.45. The Morgan fingerprint density at radius 2 is 1.97 bits per heavy atom. The van der Waals surface area contributed by atoms with Crippen molar-refractivity contribution >= 4 is 19.1 Å². The molecule has 0 saturated carbocycles. The quantitative estimate of drug-likeness (QED) is 0.384. The molecule has 3 rings (SSSR count). The highest BCUT2D eigenvalue weighted by Crippen LogP contribution is 2.35. The summed E-state index contributed by atoms with van der Waals surface area (Å²) in [4.78, 5) is 29.1. The number of alkyl carbamates (subject to hydrolysis) is 1. The predicted molar refractivity (Wildman–Crippen MR) is 142 cm³/mol. The highest BCUT2D eigenvalue weighted by atomic mass is 19.3. The standard InChI is InChI=1S/C27H39BF2N4O5/c1-26(2,34-15-13-27(29,30)19-34)16-21(17-31)24(35)33-14-7-6-10-22(18-33)39-25(36)32-23(28(37)38)12-11-20-8-4-3-5-9-20/h3-5,8-9,21-23,37-38H,6-7,10-16,18-19H2,1-2H3,(H,32,36)/t21?,22-,23-/m0/s1. The van der Waals surface area contributed by atoms with E-state index < -0.39 is 55.1 Å². The number of nitrogens with zero attached hydrogens (tertiary/aromatic N) is 3. The molecular formula is C27H39BF2N4O5. The van der Waals surface area contributed by atoms with Gasteiger partial charge in [-0.1, -0.05) is 30.3 Å². The average Bonchev–Trinajstić information content (AvgIpc) is 3.11. The summed E-state index contributed by atoms with van der Waals surface area (Å²) < 4.78 is 33.1. The first-order valence-corrected chi connectivity index (χ1v) is 13.6. The molecule has 12 heteroatoms. The topological polar surface area (TPSA) is 126 Å². The fourth-order valence-corrected chi connectivity index (χ4v) is 5.29. The molecule has 2 saturated heterocycles. The van der Waals surface area contributed by atoms with Crippen molar-refractivity contribution < 1.29 is 33.2 Å². The molecule has 3 N–H and O–H groups in total. The number of carbonyl (C=O) groups is 2.